The number of carbonyl (C=O) groups is 3. The van der Waals surface area contributed by atoms with Crippen LogP contribution in [0.5, 0.6) is 11.5 Å². The van der Waals surface area contributed by atoms with Crippen LogP contribution in [0.15, 0.2) is 109 Å². The van der Waals surface area contributed by atoms with Crippen LogP contribution in [0.3, 0.4) is 0 Å². The molecule has 4 atom stereocenters. The first-order chi connectivity index (χ1) is 21.1. The third-order valence-electron chi connectivity index (χ3n) is 8.71. The van der Waals surface area contributed by atoms with Crippen LogP contribution in [0.2, 0.25) is 0 Å². The number of carbonyl (C=O) groups excluding carboxylic acids is 3. The fraction of sp³-hybridized carbons (Fsp3) is 0.171. The molecular weight excluding hydrogens is 544 g/mol. The van der Waals surface area contributed by atoms with Crippen LogP contribution in [0, 0.1) is 11.8 Å². The first-order valence-corrected chi connectivity index (χ1v) is 14.2. The van der Waals surface area contributed by atoms with Crippen LogP contribution in [0.1, 0.15) is 22.8 Å². The molecule has 2 saturated heterocycles. The van der Waals surface area contributed by atoms with Gasteiger partial charge in [0.15, 0.2) is 17.6 Å². The lowest BCUT2D eigenvalue weighted by molar-refractivity contribution is -0.151. The van der Waals surface area contributed by atoms with E-state index in [0.717, 1.165) is 22.4 Å². The molecule has 43 heavy (non-hydrogen) atoms. The number of hydrogen-bond acceptors (Lipinski definition) is 7. The van der Waals surface area contributed by atoms with Crippen LogP contribution in [0.4, 0.5) is 11.4 Å². The SMILES string of the molecule is O=C(OC(c1ccccc1)c1ccccc1)[C@@H]1[C@@H]2C(=O)N(c3ccc4c(c3)OCO4)C(=O)[C@@H]2[C@H]2C=Cc3ccccc3N21. The molecule has 4 aliphatic heterocycles. The molecule has 8 heteroatoms. The van der Waals surface area contributed by atoms with E-state index in [-0.39, 0.29) is 12.7 Å². The summed E-state index contributed by atoms with van der Waals surface area (Å²) in [6.45, 7) is 0.0745. The van der Waals surface area contributed by atoms with Crippen molar-refractivity contribution in [2.45, 2.75) is 18.2 Å². The molecule has 0 saturated carbocycles. The molecule has 4 aliphatic rings. The van der Waals surface area contributed by atoms with Crippen molar-refractivity contribution in [2.24, 2.45) is 11.8 Å². The van der Waals surface area contributed by atoms with E-state index in [9.17, 15) is 14.4 Å². The number of hydrogen-bond donors (Lipinski definition) is 0. The minimum atomic E-state index is -1.02. The molecule has 0 aliphatic carbocycles. The van der Waals surface area contributed by atoms with Gasteiger partial charge in [0.1, 0.15) is 6.04 Å². The molecule has 8 nitrogen and oxygen atoms in total. The summed E-state index contributed by atoms with van der Waals surface area (Å²) in [5, 5.41) is 0. The summed E-state index contributed by atoms with van der Waals surface area (Å²) < 4.78 is 17.3. The van der Waals surface area contributed by atoms with E-state index < -0.39 is 41.9 Å². The van der Waals surface area contributed by atoms with E-state index in [1.807, 2.05) is 102 Å². The van der Waals surface area contributed by atoms with E-state index in [1.54, 1.807) is 18.2 Å². The van der Waals surface area contributed by atoms with Crippen LogP contribution in [-0.4, -0.2) is 36.7 Å². The van der Waals surface area contributed by atoms with E-state index in [0.29, 0.717) is 17.2 Å². The Kier molecular flexibility index (Phi) is 5.82. The minimum absolute atomic E-state index is 0.0745. The summed E-state index contributed by atoms with van der Waals surface area (Å²) in [4.78, 5) is 45.9. The molecule has 0 N–H and O–H groups in total. The van der Waals surface area contributed by atoms with Crippen LogP contribution in [0.25, 0.3) is 6.08 Å². The first-order valence-electron chi connectivity index (χ1n) is 14.2. The number of ether oxygens (including phenoxy) is 3. The maximum Gasteiger partial charge on any atom is 0.330 e. The quantitative estimate of drug-likeness (QED) is 0.243. The molecule has 4 heterocycles. The number of esters is 1. The van der Waals surface area contributed by atoms with E-state index >= 15 is 0 Å². The van der Waals surface area contributed by atoms with Gasteiger partial charge in [-0.2, -0.15) is 0 Å². The fourth-order valence-electron chi connectivity index (χ4n) is 6.83. The Morgan fingerprint density at radius 1 is 0.767 bits per heavy atom. The lowest BCUT2D eigenvalue weighted by Crippen LogP contribution is -2.49. The molecule has 0 bridgehead atoms. The molecule has 0 aromatic heterocycles. The van der Waals surface area contributed by atoms with Gasteiger partial charge in [0.2, 0.25) is 18.6 Å². The number of rotatable bonds is 5. The van der Waals surface area contributed by atoms with Crippen molar-refractivity contribution >= 4 is 35.2 Å². The van der Waals surface area contributed by atoms with Crippen LogP contribution in [-0.2, 0) is 19.1 Å². The maximum absolute atomic E-state index is 14.5. The number of para-hydroxylation sites is 1. The van der Waals surface area contributed by atoms with Gasteiger partial charge in [-0.25, -0.2) is 9.69 Å². The van der Waals surface area contributed by atoms with Crippen molar-refractivity contribution in [2.75, 3.05) is 16.6 Å². The molecule has 8 rings (SSSR count). The van der Waals surface area contributed by atoms with Crippen LogP contribution >= 0.6 is 0 Å². The van der Waals surface area contributed by atoms with Gasteiger partial charge in [0.05, 0.1) is 23.6 Å². The molecule has 4 aromatic rings. The third kappa shape index (κ3) is 3.94. The molecule has 4 aromatic carbocycles. The second kappa shape index (κ2) is 9.87. The number of anilines is 2. The van der Waals surface area contributed by atoms with Crippen molar-refractivity contribution in [1.29, 1.82) is 0 Å². The summed E-state index contributed by atoms with van der Waals surface area (Å²) in [5.74, 6) is -2.06. The first kappa shape index (κ1) is 25.3. The zero-order chi connectivity index (χ0) is 29.1. The summed E-state index contributed by atoms with van der Waals surface area (Å²) in [7, 11) is 0. The second-order valence-corrected chi connectivity index (χ2v) is 11.0. The Bertz CT molecular complexity index is 1750. The van der Waals surface area contributed by atoms with Crippen molar-refractivity contribution in [3.8, 4) is 11.5 Å². The van der Waals surface area contributed by atoms with Gasteiger partial charge in [-0.15, -0.1) is 0 Å². The van der Waals surface area contributed by atoms with E-state index in [2.05, 4.69) is 0 Å². The van der Waals surface area contributed by atoms with Gasteiger partial charge >= 0.3 is 5.97 Å². The van der Waals surface area contributed by atoms with Crippen molar-refractivity contribution in [3.05, 3.63) is 126 Å². The van der Waals surface area contributed by atoms with E-state index in [1.165, 1.54) is 4.90 Å². The number of nitrogens with zero attached hydrogens (tertiary/aromatic N) is 2. The van der Waals surface area contributed by atoms with Crippen molar-refractivity contribution in [1.82, 2.24) is 0 Å². The van der Waals surface area contributed by atoms with Gasteiger partial charge in [0, 0.05) is 11.8 Å². The number of benzene rings is 4. The Balaban J connectivity index is 1.21. The summed E-state index contributed by atoms with van der Waals surface area (Å²) in [6.07, 6.45) is 3.19. The topological polar surface area (TPSA) is 85.4 Å². The molecule has 212 valence electrons. The molecule has 2 amide bonds. The Labute approximate surface area is 247 Å². The summed E-state index contributed by atoms with van der Waals surface area (Å²) >= 11 is 0. The van der Waals surface area contributed by atoms with Crippen molar-refractivity contribution in [3.63, 3.8) is 0 Å². The predicted octanol–water partition coefficient (Wildman–Crippen LogP) is 5.14. The van der Waals surface area contributed by atoms with Gasteiger partial charge in [-0.3, -0.25) is 9.59 Å². The maximum atomic E-state index is 14.5. The highest BCUT2D eigenvalue weighted by molar-refractivity contribution is 6.24. The largest absolute Gasteiger partial charge is 0.454 e. The normalized spacial score (nSPS) is 22.9. The fourth-order valence-corrected chi connectivity index (χ4v) is 6.83. The Hall–Kier alpha value is -5.37. The van der Waals surface area contributed by atoms with Gasteiger partial charge < -0.3 is 19.1 Å². The zero-order valence-electron chi connectivity index (χ0n) is 22.9. The highest BCUT2D eigenvalue weighted by Crippen LogP contribution is 2.50. The molecule has 0 unspecified atom stereocenters. The zero-order valence-corrected chi connectivity index (χ0v) is 22.9. The smallest absolute Gasteiger partial charge is 0.330 e. The summed E-state index contributed by atoms with van der Waals surface area (Å²) in [6, 6.07) is 30.2. The second-order valence-electron chi connectivity index (χ2n) is 11.0. The molecular formula is C35H26N2O6. The number of fused-ring (bicyclic) bond motifs is 6. The van der Waals surface area contributed by atoms with Gasteiger partial charge in [-0.1, -0.05) is 91.0 Å². The molecule has 0 radical (unpaired) electrons. The van der Waals surface area contributed by atoms with E-state index in [4.69, 9.17) is 14.2 Å². The highest BCUT2D eigenvalue weighted by atomic mass is 16.7. The Morgan fingerprint density at radius 3 is 2.16 bits per heavy atom. The molecule has 2 fully saturated rings. The van der Waals surface area contributed by atoms with Gasteiger partial charge in [0.25, 0.3) is 0 Å². The lowest BCUT2D eigenvalue weighted by atomic mass is 9.88. The summed E-state index contributed by atoms with van der Waals surface area (Å²) in [5.41, 5.74) is 3.70. The highest BCUT2D eigenvalue weighted by Gasteiger charge is 2.65. The van der Waals surface area contributed by atoms with Crippen LogP contribution < -0.4 is 19.3 Å². The molecule has 0 spiro atoms. The lowest BCUT2D eigenvalue weighted by Gasteiger charge is -2.36. The Morgan fingerprint density at radius 2 is 1.42 bits per heavy atom. The number of amides is 2. The standard InChI is InChI=1S/C35H26N2O6/c38-33-29-26-17-15-21-9-7-8-14-25(21)37(26)31(30(29)34(39)36(33)24-16-18-27-28(19-24)42-20-41-27)35(40)43-32(22-10-3-1-4-11-22)23-12-5-2-6-13-23/h1-19,26,29-32H,20H2/t26-,29-,30-,31+/m1/s1. The monoisotopic (exact) mass is 570 g/mol. The third-order valence-corrected chi connectivity index (χ3v) is 8.71. The average Bonchev–Trinajstić information content (AvgIpc) is 3.73. The number of imide groups is 1. The average molecular weight is 571 g/mol. The minimum Gasteiger partial charge on any atom is -0.454 e. The van der Waals surface area contributed by atoms with Gasteiger partial charge in [-0.05, 0) is 34.9 Å². The predicted molar refractivity (Wildman–Crippen MR) is 158 cm³/mol. The van der Waals surface area contributed by atoms with Crippen molar-refractivity contribution < 1.29 is 28.6 Å².